The summed E-state index contributed by atoms with van der Waals surface area (Å²) in [4.78, 5) is 23.5. The summed E-state index contributed by atoms with van der Waals surface area (Å²) in [6.07, 6.45) is -13.2. The van der Waals surface area contributed by atoms with Gasteiger partial charge < -0.3 is 9.47 Å². The molecule has 0 unspecified atom stereocenters. The van der Waals surface area contributed by atoms with Gasteiger partial charge in [-0.2, -0.15) is 34.8 Å². The molecule has 0 spiro atoms. The largest absolute Gasteiger partial charge is 0.438 e. The Morgan fingerprint density at radius 3 is 2.15 bits per heavy atom. The Balaban J connectivity index is 2.47. The minimum absolute atomic E-state index is 0.0560. The molecule has 0 aliphatic carbocycles. The Morgan fingerprint density at radius 2 is 1.64 bits per heavy atom. The summed E-state index contributed by atoms with van der Waals surface area (Å²) in [5.74, 6) is -5.96. The maximum Gasteiger partial charge on any atom is 0.438 e. The Hall–Kier alpha value is -3.13. The van der Waals surface area contributed by atoms with E-state index < -0.39 is 52.2 Å². The number of rotatable bonds is 7. The topological polar surface area (TPSA) is 107 Å². The zero-order chi connectivity index (χ0) is 25.2. The Morgan fingerprint density at radius 1 is 1.03 bits per heavy atom. The lowest BCUT2D eigenvalue weighted by Crippen LogP contribution is -2.63. The minimum atomic E-state index is -6.43. The van der Waals surface area contributed by atoms with Crippen LogP contribution in [-0.2, 0) is 30.9 Å². The highest BCUT2D eigenvalue weighted by atomic mass is 32.2. The standard InChI is InChI=1S/C19H14F6O7S/c1-2-15(26)31-13-7-6-11-4-3-5-12(14(11)9-13)8-16(27)32-17(18(20,21)22,19(23,24)25)10-33(28,29)30/h2-7,9H,1,8,10H2,(H,28,29,30). The molecular weight excluding hydrogens is 486 g/mol. The van der Waals surface area contributed by atoms with Crippen molar-refractivity contribution in [3.63, 3.8) is 0 Å². The quantitative estimate of drug-likeness (QED) is 0.203. The van der Waals surface area contributed by atoms with Crippen LogP contribution in [0.25, 0.3) is 10.8 Å². The first-order chi connectivity index (χ1) is 15.0. The first-order valence-corrected chi connectivity index (χ1v) is 10.3. The van der Waals surface area contributed by atoms with Gasteiger partial charge in [-0.05, 0) is 28.5 Å². The molecule has 0 aromatic heterocycles. The minimum Gasteiger partial charge on any atom is -0.438 e. The molecule has 2 rings (SSSR count). The van der Waals surface area contributed by atoms with E-state index in [9.17, 15) is 44.3 Å². The van der Waals surface area contributed by atoms with Crippen molar-refractivity contribution in [1.29, 1.82) is 0 Å². The first-order valence-electron chi connectivity index (χ1n) is 8.65. The zero-order valence-corrected chi connectivity index (χ0v) is 17.1. The Kier molecular flexibility index (Phi) is 7.14. The molecule has 7 nitrogen and oxygen atoms in total. The predicted octanol–water partition coefficient (Wildman–Crippen LogP) is 3.77. The number of benzene rings is 2. The number of esters is 2. The molecule has 0 radical (unpaired) electrons. The molecule has 2 aromatic carbocycles. The molecule has 0 amide bonds. The van der Waals surface area contributed by atoms with Crippen molar-refractivity contribution in [2.75, 3.05) is 5.75 Å². The van der Waals surface area contributed by atoms with Gasteiger partial charge >= 0.3 is 29.9 Å². The predicted molar refractivity (Wildman–Crippen MR) is 101 cm³/mol. The van der Waals surface area contributed by atoms with Crippen molar-refractivity contribution in [3.05, 3.63) is 54.6 Å². The van der Waals surface area contributed by atoms with Crippen molar-refractivity contribution in [2.45, 2.75) is 24.4 Å². The van der Waals surface area contributed by atoms with Gasteiger partial charge in [-0.25, -0.2) is 4.79 Å². The van der Waals surface area contributed by atoms with Gasteiger partial charge in [0, 0.05) is 6.08 Å². The Bertz CT molecular complexity index is 1170. The van der Waals surface area contributed by atoms with Gasteiger partial charge in [0.2, 0.25) is 0 Å². The summed E-state index contributed by atoms with van der Waals surface area (Å²) in [5, 5.41) is 0.512. The fraction of sp³-hybridized carbons (Fsp3) is 0.263. The average molecular weight is 500 g/mol. The fourth-order valence-corrected chi connectivity index (χ4v) is 3.70. The van der Waals surface area contributed by atoms with Crippen LogP contribution < -0.4 is 4.74 Å². The third-order valence-corrected chi connectivity index (χ3v) is 5.02. The number of carbonyl (C=O) groups excluding carboxylic acids is 2. The monoisotopic (exact) mass is 500 g/mol. The molecule has 1 N–H and O–H groups in total. The van der Waals surface area contributed by atoms with Crippen LogP contribution in [0.15, 0.2) is 49.1 Å². The summed E-state index contributed by atoms with van der Waals surface area (Å²) in [6.45, 7) is 3.19. The lowest BCUT2D eigenvalue weighted by atomic mass is 10.0. The normalized spacial score (nSPS) is 12.9. The smallest absolute Gasteiger partial charge is 0.438 e. The molecule has 0 saturated heterocycles. The number of alkyl halides is 6. The second kappa shape index (κ2) is 9.02. The van der Waals surface area contributed by atoms with Gasteiger partial charge in [-0.3, -0.25) is 9.35 Å². The Labute approximate surface area is 182 Å². The zero-order valence-electron chi connectivity index (χ0n) is 16.2. The third kappa shape index (κ3) is 6.01. The van der Waals surface area contributed by atoms with Gasteiger partial charge in [0.1, 0.15) is 11.5 Å². The second-order valence-electron chi connectivity index (χ2n) is 6.62. The second-order valence-corrected chi connectivity index (χ2v) is 8.08. The van der Waals surface area contributed by atoms with E-state index in [-0.39, 0.29) is 16.7 Å². The van der Waals surface area contributed by atoms with Crippen LogP contribution in [0.5, 0.6) is 5.75 Å². The molecule has 0 bridgehead atoms. The summed E-state index contributed by atoms with van der Waals surface area (Å²) < 4.78 is 119. The molecule has 0 fully saturated rings. The maximum absolute atomic E-state index is 13.3. The van der Waals surface area contributed by atoms with Crippen LogP contribution in [0.4, 0.5) is 26.3 Å². The highest BCUT2D eigenvalue weighted by Crippen LogP contribution is 2.47. The molecule has 14 heteroatoms. The maximum atomic E-state index is 13.3. The van der Waals surface area contributed by atoms with E-state index in [1.165, 1.54) is 36.4 Å². The van der Waals surface area contributed by atoms with E-state index in [1.54, 1.807) is 0 Å². The molecule has 0 saturated carbocycles. The molecule has 0 aliphatic heterocycles. The summed E-state index contributed by atoms with van der Waals surface area (Å²) in [7, 11) is -5.89. The lowest BCUT2D eigenvalue weighted by Gasteiger charge is -2.35. The van der Waals surface area contributed by atoms with Crippen LogP contribution in [0.3, 0.4) is 0 Å². The van der Waals surface area contributed by atoms with Crippen LogP contribution in [0.1, 0.15) is 5.56 Å². The number of ether oxygens (including phenoxy) is 2. The third-order valence-electron chi connectivity index (χ3n) is 4.25. The van der Waals surface area contributed by atoms with Gasteiger partial charge in [0.15, 0.2) is 0 Å². The lowest BCUT2D eigenvalue weighted by molar-refractivity contribution is -0.361. The first kappa shape index (κ1) is 26.1. The molecular formula is C19H14F6O7S. The van der Waals surface area contributed by atoms with Crippen LogP contribution in [-0.4, -0.2) is 48.6 Å². The number of carbonyl (C=O) groups is 2. The number of halogens is 6. The van der Waals surface area contributed by atoms with Crippen molar-refractivity contribution < 1.29 is 58.4 Å². The van der Waals surface area contributed by atoms with E-state index >= 15 is 0 Å². The number of hydrogen-bond acceptors (Lipinski definition) is 6. The van der Waals surface area contributed by atoms with Crippen molar-refractivity contribution in [1.82, 2.24) is 0 Å². The summed E-state index contributed by atoms with van der Waals surface area (Å²) in [5.41, 5.74) is -5.61. The number of fused-ring (bicyclic) bond motifs is 1. The fourth-order valence-electron chi connectivity index (χ4n) is 2.80. The van der Waals surface area contributed by atoms with E-state index in [2.05, 4.69) is 11.3 Å². The van der Waals surface area contributed by atoms with E-state index in [4.69, 9.17) is 9.29 Å². The molecule has 0 heterocycles. The van der Waals surface area contributed by atoms with Crippen LogP contribution in [0.2, 0.25) is 0 Å². The van der Waals surface area contributed by atoms with E-state index in [1.807, 2.05) is 0 Å². The number of hydrogen-bond donors (Lipinski definition) is 1. The molecule has 2 aromatic rings. The van der Waals surface area contributed by atoms with Gasteiger partial charge in [-0.1, -0.05) is 30.8 Å². The van der Waals surface area contributed by atoms with Gasteiger partial charge in [-0.15, -0.1) is 0 Å². The van der Waals surface area contributed by atoms with Crippen molar-refractivity contribution in [2.24, 2.45) is 0 Å². The molecule has 0 atom stereocenters. The SMILES string of the molecule is C=CC(=O)Oc1ccc2cccc(CC(=O)OC(CS(=O)(=O)O)(C(F)(F)F)C(F)(F)F)c2c1. The average Bonchev–Trinajstić information content (AvgIpc) is 2.65. The molecule has 180 valence electrons. The molecule has 0 aliphatic rings. The summed E-state index contributed by atoms with van der Waals surface area (Å²) in [6, 6.07) is 7.99. The van der Waals surface area contributed by atoms with Gasteiger partial charge in [0.25, 0.3) is 10.1 Å². The van der Waals surface area contributed by atoms with Gasteiger partial charge in [0.05, 0.1) is 6.42 Å². The van der Waals surface area contributed by atoms with Crippen LogP contribution in [0, 0.1) is 0 Å². The van der Waals surface area contributed by atoms with Crippen molar-refractivity contribution in [3.8, 4) is 5.75 Å². The highest BCUT2D eigenvalue weighted by molar-refractivity contribution is 7.85. The molecule has 33 heavy (non-hydrogen) atoms. The van der Waals surface area contributed by atoms with Crippen molar-refractivity contribution >= 4 is 32.8 Å². The van der Waals surface area contributed by atoms with Crippen LogP contribution >= 0.6 is 0 Å². The van der Waals surface area contributed by atoms with E-state index in [0.29, 0.717) is 5.39 Å². The summed E-state index contributed by atoms with van der Waals surface area (Å²) >= 11 is 0. The highest BCUT2D eigenvalue weighted by Gasteiger charge is 2.75. The van der Waals surface area contributed by atoms with E-state index in [0.717, 1.165) is 6.08 Å².